The molecule has 0 spiro atoms. The summed E-state index contributed by atoms with van der Waals surface area (Å²) in [5, 5.41) is 10.2. The van der Waals surface area contributed by atoms with Crippen LogP contribution in [0.1, 0.15) is 77.0 Å². The molecule has 0 aromatic heterocycles. The Bertz CT molecular complexity index is 420. The lowest BCUT2D eigenvalue weighted by Crippen LogP contribution is -2.21. The van der Waals surface area contributed by atoms with Gasteiger partial charge in [0.15, 0.2) is 0 Å². The topological polar surface area (TPSA) is 40.1 Å². The third kappa shape index (κ3) is 18.1. The summed E-state index contributed by atoms with van der Waals surface area (Å²) in [7, 11) is 0. The van der Waals surface area contributed by atoms with Crippen molar-refractivity contribution < 1.29 is 9.90 Å². The first-order valence-corrected chi connectivity index (χ1v) is 7.86. The smallest absolute Gasteiger partial charge is 0.0414 e. The molecule has 0 unspecified atom stereocenters. The van der Waals surface area contributed by atoms with Gasteiger partial charge in [-0.1, -0.05) is 37.5 Å². The first kappa shape index (κ1) is 19.1. The van der Waals surface area contributed by atoms with E-state index in [2.05, 4.69) is 29.6 Å². The number of rotatable bonds is 11. The maximum Gasteiger partial charge on any atom is 0.0414 e. The number of unbranched alkanes of at least 4 members (excludes halogenated alkanes) is 9. The minimum Gasteiger partial charge on any atom is -0.550 e. The van der Waals surface area contributed by atoms with Crippen molar-refractivity contribution in [3.63, 3.8) is 0 Å². The largest absolute Gasteiger partial charge is 0.550 e. The van der Waals surface area contributed by atoms with Crippen LogP contribution in [0.15, 0.2) is 0 Å². The van der Waals surface area contributed by atoms with Crippen LogP contribution in [0, 0.1) is 36.0 Å². The molecule has 0 aliphatic carbocycles. The highest BCUT2D eigenvalue weighted by Gasteiger charge is 1.91. The van der Waals surface area contributed by atoms with E-state index in [0.29, 0.717) is 0 Å². The van der Waals surface area contributed by atoms with Crippen molar-refractivity contribution in [2.24, 2.45) is 0 Å². The monoisotopic (exact) mass is 285 g/mol. The molecule has 0 bridgehead atoms. The van der Waals surface area contributed by atoms with Crippen LogP contribution in [-0.2, 0) is 4.79 Å². The fourth-order valence-corrected chi connectivity index (χ4v) is 1.84. The van der Waals surface area contributed by atoms with Crippen molar-refractivity contribution >= 4 is 5.97 Å². The van der Waals surface area contributed by atoms with E-state index < -0.39 is 5.97 Å². The van der Waals surface area contributed by atoms with E-state index in [9.17, 15) is 9.90 Å². The van der Waals surface area contributed by atoms with Crippen molar-refractivity contribution in [1.82, 2.24) is 0 Å². The normalized spacial score (nSPS) is 8.90. The molecule has 0 N–H and O–H groups in total. The average Bonchev–Trinajstić information content (AvgIpc) is 2.46. The van der Waals surface area contributed by atoms with E-state index in [4.69, 9.17) is 6.42 Å². The van der Waals surface area contributed by atoms with Gasteiger partial charge in [0.25, 0.3) is 0 Å². The Morgan fingerprint density at radius 2 is 1.24 bits per heavy atom. The second kappa shape index (κ2) is 16.2. The molecule has 21 heavy (non-hydrogen) atoms. The molecule has 0 aliphatic rings. The summed E-state index contributed by atoms with van der Waals surface area (Å²) in [5.41, 5.74) is 0. The number of aliphatic carboxylic acids is 1. The van der Waals surface area contributed by atoms with Gasteiger partial charge in [0.2, 0.25) is 0 Å². The van der Waals surface area contributed by atoms with Gasteiger partial charge in [0, 0.05) is 25.2 Å². The third-order valence-corrected chi connectivity index (χ3v) is 3.04. The molecule has 114 valence electrons. The van der Waals surface area contributed by atoms with Crippen LogP contribution in [0.4, 0.5) is 0 Å². The first-order chi connectivity index (χ1) is 10.3. The van der Waals surface area contributed by atoms with Gasteiger partial charge < -0.3 is 9.90 Å². The second-order valence-electron chi connectivity index (χ2n) is 5.01. The minimum atomic E-state index is -0.942. The number of carboxylic acid groups (broad SMARTS) is 1. The zero-order valence-corrected chi connectivity index (χ0v) is 12.9. The van der Waals surface area contributed by atoms with E-state index in [1.54, 1.807) is 0 Å². The van der Waals surface area contributed by atoms with Crippen LogP contribution in [-0.4, -0.2) is 5.97 Å². The van der Waals surface area contributed by atoms with E-state index in [0.717, 1.165) is 70.6 Å². The standard InChI is InChI=1S/C19H26O2/c1-2-3-4-5-6-7-8-9-10-11-12-13-14-15-16-17-18-19(20)21/h1H,3-6,11-18H2,(H,20,21)/p-1. The Morgan fingerprint density at radius 3 is 1.81 bits per heavy atom. The van der Waals surface area contributed by atoms with Gasteiger partial charge in [0.05, 0.1) is 0 Å². The molecule has 0 fully saturated rings. The number of hydrogen-bond acceptors (Lipinski definition) is 2. The van der Waals surface area contributed by atoms with Gasteiger partial charge in [-0.3, -0.25) is 0 Å². The molecule has 0 saturated heterocycles. The summed E-state index contributed by atoms with van der Waals surface area (Å²) in [6, 6.07) is 0. The Kier molecular flexibility index (Phi) is 14.8. The number of terminal acetylenes is 1. The summed E-state index contributed by atoms with van der Waals surface area (Å²) >= 11 is 0. The fourth-order valence-electron chi connectivity index (χ4n) is 1.84. The highest BCUT2D eigenvalue weighted by Crippen LogP contribution is 2.07. The van der Waals surface area contributed by atoms with Crippen molar-refractivity contribution in [3.05, 3.63) is 0 Å². The van der Waals surface area contributed by atoms with Gasteiger partial charge in [-0.15, -0.1) is 12.3 Å². The molecule has 2 nitrogen and oxygen atoms in total. The van der Waals surface area contributed by atoms with Gasteiger partial charge in [-0.05, 0) is 43.9 Å². The Balaban J connectivity index is 3.28. The Hall–Kier alpha value is -1.85. The van der Waals surface area contributed by atoms with Gasteiger partial charge >= 0.3 is 0 Å². The molecular formula is C19H25O2-. The van der Waals surface area contributed by atoms with E-state index in [1.165, 1.54) is 0 Å². The molecule has 0 aromatic rings. The third-order valence-electron chi connectivity index (χ3n) is 3.04. The Morgan fingerprint density at radius 1 is 0.762 bits per heavy atom. The molecule has 0 rings (SSSR count). The summed E-state index contributed by atoms with van der Waals surface area (Å²) in [5.74, 6) is 13.5. The SMILES string of the molecule is C#CCCCCC#CC#CCCCCCCCCC(=O)[O-]. The number of hydrogen-bond donors (Lipinski definition) is 0. The van der Waals surface area contributed by atoms with Crippen molar-refractivity contribution in [1.29, 1.82) is 0 Å². The lowest BCUT2D eigenvalue weighted by Gasteiger charge is -2.01. The van der Waals surface area contributed by atoms with Crippen molar-refractivity contribution in [2.75, 3.05) is 0 Å². The fraction of sp³-hybridized carbons (Fsp3) is 0.632. The van der Waals surface area contributed by atoms with E-state index in [1.807, 2.05) is 0 Å². The molecule has 0 radical (unpaired) electrons. The molecule has 0 aliphatic heterocycles. The highest BCUT2D eigenvalue weighted by molar-refractivity contribution is 5.64. The summed E-state index contributed by atoms with van der Waals surface area (Å²) in [6.45, 7) is 0. The molecule has 0 amide bonds. The van der Waals surface area contributed by atoms with Crippen LogP contribution >= 0.6 is 0 Å². The molecule has 2 heteroatoms. The van der Waals surface area contributed by atoms with Gasteiger partial charge in [0.1, 0.15) is 0 Å². The molecule has 0 saturated carbocycles. The predicted octanol–water partition coefficient (Wildman–Crippen LogP) is 3.06. The second-order valence-corrected chi connectivity index (χ2v) is 5.01. The average molecular weight is 285 g/mol. The number of carbonyl (C=O) groups excluding carboxylic acids is 1. The molecule has 0 atom stereocenters. The zero-order chi connectivity index (χ0) is 15.6. The molecule has 0 heterocycles. The van der Waals surface area contributed by atoms with Crippen LogP contribution in [0.25, 0.3) is 0 Å². The highest BCUT2D eigenvalue weighted by atomic mass is 16.4. The van der Waals surface area contributed by atoms with Gasteiger partial charge in [-0.25, -0.2) is 0 Å². The molecular weight excluding hydrogens is 260 g/mol. The maximum absolute atomic E-state index is 10.2. The van der Waals surface area contributed by atoms with Crippen molar-refractivity contribution in [2.45, 2.75) is 77.0 Å². The first-order valence-electron chi connectivity index (χ1n) is 7.86. The number of carbonyl (C=O) groups is 1. The zero-order valence-electron chi connectivity index (χ0n) is 12.9. The van der Waals surface area contributed by atoms with Crippen LogP contribution < -0.4 is 5.11 Å². The lowest BCUT2D eigenvalue weighted by molar-refractivity contribution is -0.305. The maximum atomic E-state index is 10.2. The minimum absolute atomic E-state index is 0.187. The molecule has 0 aromatic carbocycles. The lowest BCUT2D eigenvalue weighted by atomic mass is 10.1. The quantitative estimate of drug-likeness (QED) is 0.432. The van der Waals surface area contributed by atoms with Gasteiger partial charge in [-0.2, -0.15) is 0 Å². The van der Waals surface area contributed by atoms with Crippen LogP contribution in [0.3, 0.4) is 0 Å². The summed E-state index contributed by atoms with van der Waals surface area (Å²) in [6.07, 6.45) is 16.3. The van der Waals surface area contributed by atoms with Crippen molar-refractivity contribution in [3.8, 4) is 36.0 Å². The summed E-state index contributed by atoms with van der Waals surface area (Å²) < 4.78 is 0. The number of carboxylic acids is 1. The van der Waals surface area contributed by atoms with Crippen LogP contribution in [0.2, 0.25) is 0 Å². The van der Waals surface area contributed by atoms with E-state index in [-0.39, 0.29) is 6.42 Å². The van der Waals surface area contributed by atoms with E-state index >= 15 is 0 Å². The van der Waals surface area contributed by atoms with Crippen LogP contribution in [0.5, 0.6) is 0 Å². The predicted molar refractivity (Wildman–Crippen MR) is 84.8 cm³/mol. The summed E-state index contributed by atoms with van der Waals surface area (Å²) in [4.78, 5) is 10.2. The Labute approximate surface area is 129 Å².